The van der Waals surface area contributed by atoms with Gasteiger partial charge in [-0.1, -0.05) is 12.5 Å². The summed E-state index contributed by atoms with van der Waals surface area (Å²) in [6.07, 6.45) is 2.55. The van der Waals surface area contributed by atoms with Crippen molar-refractivity contribution in [3.63, 3.8) is 0 Å². The summed E-state index contributed by atoms with van der Waals surface area (Å²) in [7, 11) is -1.05. The molecule has 3 rings (SSSR count). The molecular weight excluding hydrogens is 440 g/mol. The van der Waals surface area contributed by atoms with Crippen LogP contribution in [0.3, 0.4) is 0 Å². The quantitative estimate of drug-likeness (QED) is 0.597. The van der Waals surface area contributed by atoms with Crippen LogP contribution in [0.2, 0.25) is 0 Å². The number of carbonyl (C=O) groups is 2. The normalized spacial score (nSPS) is 14.7. The van der Waals surface area contributed by atoms with Crippen molar-refractivity contribution >= 4 is 27.7 Å². The average molecular weight is 465 g/mol. The number of nitrogens with zero attached hydrogens (tertiary/aromatic N) is 3. The first-order valence-electron chi connectivity index (χ1n) is 9.95. The van der Waals surface area contributed by atoms with Crippen LogP contribution in [0.5, 0.6) is 0 Å². The molecule has 0 unspecified atom stereocenters. The van der Waals surface area contributed by atoms with Gasteiger partial charge >= 0.3 is 11.7 Å². The number of esters is 1. The smallest absolute Gasteiger partial charge is 0.338 e. The van der Waals surface area contributed by atoms with E-state index in [2.05, 4.69) is 5.32 Å². The molecule has 172 valence electrons. The predicted molar refractivity (Wildman–Crippen MR) is 115 cm³/mol. The molecule has 1 aliphatic heterocycles. The molecule has 1 fully saturated rings. The fourth-order valence-corrected chi connectivity index (χ4v) is 4.85. The molecule has 12 heteroatoms. The van der Waals surface area contributed by atoms with Crippen molar-refractivity contribution < 1.29 is 22.7 Å². The van der Waals surface area contributed by atoms with Crippen LogP contribution in [-0.4, -0.2) is 53.4 Å². The first kappa shape index (κ1) is 23.4. The molecule has 0 aliphatic carbocycles. The SMILES string of the molecule is Cn1c(NC(=O)COC(=O)c2cccc(S(=O)(=O)N3CCCCC3)c2)cc(=O)n(C)c1=O. The highest BCUT2D eigenvalue weighted by molar-refractivity contribution is 7.89. The molecule has 32 heavy (non-hydrogen) atoms. The van der Waals surface area contributed by atoms with E-state index >= 15 is 0 Å². The Hall–Kier alpha value is -3.25. The van der Waals surface area contributed by atoms with E-state index in [1.807, 2.05) is 0 Å². The number of hydrogen-bond donors (Lipinski definition) is 1. The highest BCUT2D eigenvalue weighted by atomic mass is 32.2. The molecule has 11 nitrogen and oxygen atoms in total. The van der Waals surface area contributed by atoms with E-state index in [-0.39, 0.29) is 16.3 Å². The van der Waals surface area contributed by atoms with Crippen LogP contribution >= 0.6 is 0 Å². The molecule has 1 amide bonds. The van der Waals surface area contributed by atoms with Gasteiger partial charge in [-0.2, -0.15) is 4.31 Å². The second-order valence-corrected chi connectivity index (χ2v) is 9.32. The molecular formula is C20H24N4O7S. The first-order valence-corrected chi connectivity index (χ1v) is 11.4. The van der Waals surface area contributed by atoms with Gasteiger partial charge in [0.1, 0.15) is 5.82 Å². The van der Waals surface area contributed by atoms with Gasteiger partial charge in [-0.15, -0.1) is 0 Å². The zero-order chi connectivity index (χ0) is 23.5. The van der Waals surface area contributed by atoms with Crippen LogP contribution in [0.1, 0.15) is 29.6 Å². The van der Waals surface area contributed by atoms with E-state index in [1.165, 1.54) is 42.7 Å². The Balaban J connectivity index is 1.67. The fourth-order valence-electron chi connectivity index (χ4n) is 3.28. The van der Waals surface area contributed by atoms with Gasteiger partial charge in [0.05, 0.1) is 10.5 Å². The van der Waals surface area contributed by atoms with E-state index in [0.29, 0.717) is 13.1 Å². The second-order valence-electron chi connectivity index (χ2n) is 7.39. The summed E-state index contributed by atoms with van der Waals surface area (Å²) in [5, 5.41) is 2.34. The topological polar surface area (TPSA) is 137 Å². The summed E-state index contributed by atoms with van der Waals surface area (Å²) >= 11 is 0. The Bertz CT molecular complexity index is 1260. The average Bonchev–Trinajstić information content (AvgIpc) is 2.80. The lowest BCUT2D eigenvalue weighted by Gasteiger charge is -2.25. The number of amides is 1. The highest BCUT2D eigenvalue weighted by Crippen LogP contribution is 2.21. The van der Waals surface area contributed by atoms with E-state index in [1.54, 1.807) is 0 Å². The van der Waals surface area contributed by atoms with Gasteiger partial charge < -0.3 is 10.1 Å². The molecule has 1 aromatic heterocycles. The van der Waals surface area contributed by atoms with E-state index in [4.69, 9.17) is 4.74 Å². The molecule has 0 spiro atoms. The number of piperidine rings is 1. The van der Waals surface area contributed by atoms with Crippen molar-refractivity contribution in [2.24, 2.45) is 14.1 Å². The zero-order valence-corrected chi connectivity index (χ0v) is 18.6. The third kappa shape index (κ3) is 4.97. The van der Waals surface area contributed by atoms with Gasteiger partial charge in [0.25, 0.3) is 11.5 Å². The monoisotopic (exact) mass is 464 g/mol. The number of sulfonamides is 1. The van der Waals surface area contributed by atoms with Crippen LogP contribution in [0.4, 0.5) is 5.82 Å². The van der Waals surface area contributed by atoms with E-state index in [0.717, 1.165) is 34.5 Å². The van der Waals surface area contributed by atoms with E-state index < -0.39 is 39.8 Å². The molecule has 2 aromatic rings. The molecule has 1 aromatic carbocycles. The third-order valence-electron chi connectivity index (χ3n) is 5.15. The van der Waals surface area contributed by atoms with Crippen molar-refractivity contribution in [3.8, 4) is 0 Å². The van der Waals surface area contributed by atoms with Crippen LogP contribution in [0.15, 0.2) is 44.8 Å². The lowest BCUT2D eigenvalue weighted by Crippen LogP contribution is -2.38. The Morgan fingerprint density at radius 3 is 2.41 bits per heavy atom. The molecule has 0 atom stereocenters. The van der Waals surface area contributed by atoms with Crippen molar-refractivity contribution in [1.82, 2.24) is 13.4 Å². The van der Waals surface area contributed by atoms with Gasteiger partial charge in [-0.25, -0.2) is 18.0 Å². The highest BCUT2D eigenvalue weighted by Gasteiger charge is 2.26. The number of rotatable bonds is 6. The number of anilines is 1. The molecule has 0 radical (unpaired) electrons. The van der Waals surface area contributed by atoms with Gasteiger partial charge in [-0.3, -0.25) is 18.7 Å². The maximum atomic E-state index is 12.8. The molecule has 1 N–H and O–H groups in total. The number of nitrogens with one attached hydrogen (secondary N) is 1. The molecule has 2 heterocycles. The standard InChI is InChI=1S/C20H24N4O7S/c1-22-16(12-18(26)23(2)20(22)28)21-17(25)13-31-19(27)14-7-6-8-15(11-14)32(29,30)24-9-4-3-5-10-24/h6-8,11-12H,3-5,9-10,13H2,1-2H3,(H,21,25). The Morgan fingerprint density at radius 2 is 1.72 bits per heavy atom. The summed E-state index contributed by atoms with van der Waals surface area (Å²) in [6.45, 7) is 0.176. The minimum Gasteiger partial charge on any atom is -0.452 e. The van der Waals surface area contributed by atoms with Gasteiger partial charge in [0, 0.05) is 33.3 Å². The van der Waals surface area contributed by atoms with Crippen molar-refractivity contribution in [2.45, 2.75) is 24.2 Å². The summed E-state index contributed by atoms with van der Waals surface area (Å²) in [5.74, 6) is -1.69. The number of ether oxygens (including phenoxy) is 1. The van der Waals surface area contributed by atoms with Crippen LogP contribution in [-0.2, 0) is 33.7 Å². The minimum atomic E-state index is -3.72. The number of aromatic nitrogens is 2. The minimum absolute atomic E-state index is 0.0168. The van der Waals surface area contributed by atoms with Gasteiger partial charge in [0.15, 0.2) is 6.61 Å². The second kappa shape index (κ2) is 9.49. The number of carbonyl (C=O) groups excluding carboxylic acids is 2. The summed E-state index contributed by atoms with van der Waals surface area (Å²) in [6, 6.07) is 6.51. The molecule has 0 bridgehead atoms. The van der Waals surface area contributed by atoms with Crippen molar-refractivity contribution in [2.75, 3.05) is 25.0 Å². The van der Waals surface area contributed by atoms with Crippen LogP contribution < -0.4 is 16.6 Å². The Labute approximate surface area is 184 Å². The number of hydrogen-bond acceptors (Lipinski definition) is 7. The largest absolute Gasteiger partial charge is 0.452 e. The van der Waals surface area contributed by atoms with Crippen LogP contribution in [0.25, 0.3) is 0 Å². The molecule has 1 aliphatic rings. The maximum Gasteiger partial charge on any atom is 0.338 e. The summed E-state index contributed by atoms with van der Waals surface area (Å²) < 4.78 is 33.9. The van der Waals surface area contributed by atoms with E-state index in [9.17, 15) is 27.6 Å². The van der Waals surface area contributed by atoms with Crippen molar-refractivity contribution in [1.29, 1.82) is 0 Å². The third-order valence-corrected chi connectivity index (χ3v) is 7.05. The summed E-state index contributed by atoms with van der Waals surface area (Å²) in [4.78, 5) is 48.1. The fraction of sp³-hybridized carbons (Fsp3) is 0.400. The zero-order valence-electron chi connectivity index (χ0n) is 17.7. The Morgan fingerprint density at radius 1 is 1.03 bits per heavy atom. The lowest BCUT2D eigenvalue weighted by atomic mass is 10.2. The van der Waals surface area contributed by atoms with Crippen molar-refractivity contribution in [3.05, 3.63) is 56.7 Å². The molecule has 1 saturated heterocycles. The number of benzene rings is 1. The lowest BCUT2D eigenvalue weighted by molar-refractivity contribution is -0.119. The molecule has 0 saturated carbocycles. The van der Waals surface area contributed by atoms with Gasteiger partial charge in [-0.05, 0) is 31.0 Å². The predicted octanol–water partition coefficient (Wildman–Crippen LogP) is 0.0541. The first-order chi connectivity index (χ1) is 15.1. The van der Waals surface area contributed by atoms with Gasteiger partial charge in [0.2, 0.25) is 10.0 Å². The summed E-state index contributed by atoms with van der Waals surface area (Å²) in [5.41, 5.74) is -1.25. The van der Waals surface area contributed by atoms with Crippen LogP contribution in [0, 0.1) is 0 Å². The maximum absolute atomic E-state index is 12.8. The Kier molecular flexibility index (Phi) is 6.94.